The Balaban J connectivity index is 2.53. The molecule has 1 aromatic rings. The quantitative estimate of drug-likeness (QED) is 0.420. The maximum Gasteiger partial charge on any atom is 0.242 e. The van der Waals surface area contributed by atoms with Crippen LogP contribution in [0.5, 0.6) is 5.88 Å². The van der Waals surface area contributed by atoms with Crippen molar-refractivity contribution in [2.45, 2.75) is 0 Å². The molecule has 0 aromatic carbocycles. The predicted octanol–water partition coefficient (Wildman–Crippen LogP) is -0.398. The van der Waals surface area contributed by atoms with E-state index in [2.05, 4.69) is 20.6 Å². The topological polar surface area (TPSA) is 96.1 Å². The summed E-state index contributed by atoms with van der Waals surface area (Å²) in [5.41, 5.74) is 5.86. The molecule has 0 amide bonds. The number of nitrogens with zero attached hydrogens (tertiary/aromatic N) is 2. The molecular weight excluding hydrogens is 158 g/mol. The van der Waals surface area contributed by atoms with Crippen molar-refractivity contribution in [1.82, 2.24) is 9.97 Å². The molecule has 0 saturated heterocycles. The van der Waals surface area contributed by atoms with Crippen LogP contribution in [0.15, 0.2) is 0 Å². The van der Waals surface area contributed by atoms with Gasteiger partial charge in [0.25, 0.3) is 0 Å². The third-order valence-electron chi connectivity index (χ3n) is 1.63. The average Bonchev–Trinajstić information content (AvgIpc) is 2.04. The molecule has 5 N–H and O–H groups in total. The van der Waals surface area contributed by atoms with Gasteiger partial charge in [0.1, 0.15) is 5.69 Å². The lowest BCUT2D eigenvalue weighted by molar-refractivity contribution is 0.455. The summed E-state index contributed by atoms with van der Waals surface area (Å²) in [6.45, 7) is 1.51. The van der Waals surface area contributed by atoms with E-state index in [0.717, 1.165) is 13.1 Å². The van der Waals surface area contributed by atoms with Crippen molar-refractivity contribution in [2.24, 2.45) is 0 Å². The molecule has 2 heterocycles. The van der Waals surface area contributed by atoms with Crippen LogP contribution in [0.3, 0.4) is 0 Å². The highest BCUT2D eigenvalue weighted by Crippen LogP contribution is 2.30. The van der Waals surface area contributed by atoms with Crippen LogP contribution in [-0.2, 0) is 0 Å². The number of nitrogen functional groups attached to an aromatic ring is 1. The molecule has 1 aliphatic heterocycles. The van der Waals surface area contributed by atoms with Gasteiger partial charge in [-0.05, 0) is 0 Å². The maximum atomic E-state index is 9.30. The zero-order chi connectivity index (χ0) is 8.55. The Morgan fingerprint density at radius 1 is 1.25 bits per heavy atom. The van der Waals surface area contributed by atoms with Crippen LogP contribution in [0, 0.1) is 0 Å². The van der Waals surface area contributed by atoms with Crippen molar-refractivity contribution < 1.29 is 5.11 Å². The molecule has 0 radical (unpaired) electrons. The minimum atomic E-state index is -0.107. The van der Waals surface area contributed by atoms with Crippen LogP contribution in [0.2, 0.25) is 0 Å². The number of hydrogen-bond donors (Lipinski definition) is 4. The van der Waals surface area contributed by atoms with Gasteiger partial charge < -0.3 is 21.5 Å². The Kier molecular flexibility index (Phi) is 1.39. The summed E-state index contributed by atoms with van der Waals surface area (Å²) in [7, 11) is 0. The highest BCUT2D eigenvalue weighted by molar-refractivity contribution is 5.72. The second-order valence-corrected chi connectivity index (χ2v) is 2.48. The highest BCUT2D eigenvalue weighted by Gasteiger charge is 2.15. The zero-order valence-corrected chi connectivity index (χ0v) is 6.33. The van der Waals surface area contributed by atoms with E-state index in [9.17, 15) is 5.11 Å². The summed E-state index contributed by atoms with van der Waals surface area (Å²) in [5.74, 6) is 0.526. The predicted molar refractivity (Wildman–Crippen MR) is 45.1 cm³/mol. The molecule has 1 aliphatic rings. The van der Waals surface area contributed by atoms with Gasteiger partial charge in [0.05, 0.1) is 0 Å². The van der Waals surface area contributed by atoms with Gasteiger partial charge >= 0.3 is 0 Å². The van der Waals surface area contributed by atoms with Gasteiger partial charge in [-0.3, -0.25) is 0 Å². The highest BCUT2D eigenvalue weighted by atomic mass is 16.3. The van der Waals surface area contributed by atoms with Gasteiger partial charge in [-0.25, -0.2) is 0 Å². The van der Waals surface area contributed by atoms with E-state index in [1.807, 2.05) is 0 Å². The Hall–Kier alpha value is -1.72. The smallest absolute Gasteiger partial charge is 0.242 e. The van der Waals surface area contributed by atoms with Gasteiger partial charge in [0.2, 0.25) is 11.8 Å². The standard InChI is InChI=1S/C6H9N5O/c7-6-10-4-3(5(12)11-6)8-1-2-9-4/h8H,1-2H2,(H4,7,9,10,11,12). The molecule has 6 nitrogen and oxygen atoms in total. The van der Waals surface area contributed by atoms with Gasteiger partial charge in [-0.15, -0.1) is 0 Å². The van der Waals surface area contributed by atoms with Crippen molar-refractivity contribution in [2.75, 3.05) is 29.5 Å². The van der Waals surface area contributed by atoms with Gasteiger partial charge in [-0.1, -0.05) is 0 Å². The van der Waals surface area contributed by atoms with Gasteiger partial charge in [0.15, 0.2) is 5.82 Å². The third-order valence-corrected chi connectivity index (χ3v) is 1.63. The van der Waals surface area contributed by atoms with Crippen LogP contribution in [0.4, 0.5) is 17.5 Å². The summed E-state index contributed by atoms with van der Waals surface area (Å²) in [5, 5.41) is 15.3. The zero-order valence-electron chi connectivity index (χ0n) is 6.33. The Morgan fingerprint density at radius 3 is 2.83 bits per heavy atom. The first-order valence-electron chi connectivity index (χ1n) is 3.61. The lowest BCUT2D eigenvalue weighted by Crippen LogP contribution is -2.22. The van der Waals surface area contributed by atoms with Crippen molar-refractivity contribution in [3.05, 3.63) is 0 Å². The van der Waals surface area contributed by atoms with Gasteiger partial charge in [0, 0.05) is 13.1 Å². The molecule has 0 spiro atoms. The van der Waals surface area contributed by atoms with E-state index in [-0.39, 0.29) is 11.8 Å². The van der Waals surface area contributed by atoms with E-state index in [0.29, 0.717) is 11.5 Å². The van der Waals surface area contributed by atoms with Crippen LogP contribution in [-0.4, -0.2) is 28.2 Å². The van der Waals surface area contributed by atoms with E-state index >= 15 is 0 Å². The molecule has 64 valence electrons. The number of aromatic nitrogens is 2. The first-order valence-corrected chi connectivity index (χ1v) is 3.61. The molecule has 0 saturated carbocycles. The molecule has 0 atom stereocenters. The number of nitrogens with one attached hydrogen (secondary N) is 2. The molecular formula is C6H9N5O. The molecule has 0 bridgehead atoms. The fourth-order valence-corrected chi connectivity index (χ4v) is 1.12. The van der Waals surface area contributed by atoms with Crippen LogP contribution >= 0.6 is 0 Å². The fraction of sp³-hybridized carbons (Fsp3) is 0.333. The van der Waals surface area contributed by atoms with Crippen LogP contribution in [0.25, 0.3) is 0 Å². The van der Waals surface area contributed by atoms with E-state index in [1.165, 1.54) is 0 Å². The Bertz CT molecular complexity index is 313. The minimum Gasteiger partial charge on any atom is -0.492 e. The normalized spacial score (nSPS) is 14.3. The number of aromatic hydroxyl groups is 1. The first kappa shape index (κ1) is 6.96. The fourth-order valence-electron chi connectivity index (χ4n) is 1.12. The number of fused-ring (bicyclic) bond motifs is 1. The van der Waals surface area contributed by atoms with Crippen molar-refractivity contribution in [1.29, 1.82) is 0 Å². The molecule has 2 rings (SSSR count). The summed E-state index contributed by atoms with van der Waals surface area (Å²) < 4.78 is 0. The molecule has 0 aliphatic carbocycles. The molecule has 1 aromatic heterocycles. The largest absolute Gasteiger partial charge is 0.492 e. The summed E-state index contributed by atoms with van der Waals surface area (Å²) >= 11 is 0. The van der Waals surface area contributed by atoms with Crippen molar-refractivity contribution in [3.63, 3.8) is 0 Å². The number of nitrogens with two attached hydrogens (primary N) is 1. The monoisotopic (exact) mass is 167 g/mol. The molecule has 12 heavy (non-hydrogen) atoms. The molecule has 0 fully saturated rings. The summed E-state index contributed by atoms with van der Waals surface area (Å²) in [6.07, 6.45) is 0. The third kappa shape index (κ3) is 0.969. The van der Waals surface area contributed by atoms with E-state index in [1.54, 1.807) is 0 Å². The maximum absolute atomic E-state index is 9.30. The first-order chi connectivity index (χ1) is 5.77. The SMILES string of the molecule is Nc1nc(O)c2c(n1)NCCN2. The van der Waals surface area contributed by atoms with Crippen LogP contribution in [0.1, 0.15) is 0 Å². The summed E-state index contributed by atoms with van der Waals surface area (Å²) in [6, 6.07) is 0. The van der Waals surface area contributed by atoms with Gasteiger partial charge in [-0.2, -0.15) is 9.97 Å². The Labute approximate surface area is 68.8 Å². The summed E-state index contributed by atoms with van der Waals surface area (Å²) in [4.78, 5) is 7.51. The molecule has 6 heteroatoms. The minimum absolute atomic E-state index is 0.0717. The van der Waals surface area contributed by atoms with Crippen LogP contribution < -0.4 is 16.4 Å². The lowest BCUT2D eigenvalue weighted by atomic mass is 10.3. The van der Waals surface area contributed by atoms with Crippen molar-refractivity contribution >= 4 is 17.5 Å². The number of anilines is 3. The Morgan fingerprint density at radius 2 is 2.00 bits per heavy atom. The second kappa shape index (κ2) is 2.40. The average molecular weight is 167 g/mol. The molecule has 0 unspecified atom stereocenters. The van der Waals surface area contributed by atoms with Crippen molar-refractivity contribution in [3.8, 4) is 5.88 Å². The second-order valence-electron chi connectivity index (χ2n) is 2.48. The number of rotatable bonds is 0. The number of hydrogen-bond acceptors (Lipinski definition) is 6. The lowest BCUT2D eigenvalue weighted by Gasteiger charge is -2.18. The van der Waals surface area contributed by atoms with E-state index in [4.69, 9.17) is 5.73 Å². The van der Waals surface area contributed by atoms with E-state index < -0.39 is 0 Å².